The standard InChI is InChI=1S/C17H21NO2S/c1-12-7-13(2)9-14(8-12)17(18)11-21(19)16-6-4-5-15(10-16)20-3/h4-10,17H,11,18H2,1-3H3. The summed E-state index contributed by atoms with van der Waals surface area (Å²) in [6, 6.07) is 13.3. The van der Waals surface area contributed by atoms with E-state index in [1.54, 1.807) is 13.2 Å². The number of hydrogen-bond acceptors (Lipinski definition) is 3. The van der Waals surface area contributed by atoms with Crippen LogP contribution in [-0.4, -0.2) is 17.1 Å². The van der Waals surface area contributed by atoms with Crippen LogP contribution in [0, 0.1) is 13.8 Å². The summed E-state index contributed by atoms with van der Waals surface area (Å²) in [7, 11) is 0.456. The molecule has 3 nitrogen and oxygen atoms in total. The fraction of sp³-hybridized carbons (Fsp3) is 0.294. The molecule has 0 spiro atoms. The topological polar surface area (TPSA) is 52.3 Å². The van der Waals surface area contributed by atoms with E-state index in [9.17, 15) is 4.21 Å². The van der Waals surface area contributed by atoms with Crippen LogP contribution in [0.3, 0.4) is 0 Å². The molecule has 2 rings (SSSR count). The minimum atomic E-state index is -1.14. The second kappa shape index (κ2) is 6.87. The normalized spacial score (nSPS) is 13.7. The van der Waals surface area contributed by atoms with Crippen LogP contribution in [-0.2, 0) is 10.8 Å². The first-order valence-electron chi connectivity index (χ1n) is 6.86. The maximum atomic E-state index is 12.4. The number of aryl methyl sites for hydroxylation is 2. The van der Waals surface area contributed by atoms with Gasteiger partial charge in [-0.1, -0.05) is 35.4 Å². The Labute approximate surface area is 128 Å². The zero-order chi connectivity index (χ0) is 15.4. The van der Waals surface area contributed by atoms with E-state index in [2.05, 4.69) is 18.2 Å². The van der Waals surface area contributed by atoms with Gasteiger partial charge in [0.1, 0.15) is 5.75 Å². The molecule has 0 heterocycles. The zero-order valence-corrected chi connectivity index (χ0v) is 13.4. The molecule has 0 aliphatic heterocycles. The summed E-state index contributed by atoms with van der Waals surface area (Å²) in [5.41, 5.74) is 9.60. The summed E-state index contributed by atoms with van der Waals surface area (Å²) >= 11 is 0. The fourth-order valence-corrected chi connectivity index (χ4v) is 3.51. The molecular formula is C17H21NO2S. The summed E-state index contributed by atoms with van der Waals surface area (Å²) in [5, 5.41) is 0. The fourth-order valence-electron chi connectivity index (χ4n) is 2.32. The maximum Gasteiger partial charge on any atom is 0.120 e. The summed E-state index contributed by atoms with van der Waals surface area (Å²) in [4.78, 5) is 0.745. The van der Waals surface area contributed by atoms with Crippen molar-refractivity contribution in [2.45, 2.75) is 24.8 Å². The molecule has 21 heavy (non-hydrogen) atoms. The van der Waals surface area contributed by atoms with Gasteiger partial charge in [0.25, 0.3) is 0 Å². The Kier molecular flexibility index (Phi) is 5.15. The second-order valence-corrected chi connectivity index (χ2v) is 6.71. The molecule has 0 radical (unpaired) electrons. The average molecular weight is 303 g/mol. The van der Waals surface area contributed by atoms with E-state index < -0.39 is 10.8 Å². The van der Waals surface area contributed by atoms with Gasteiger partial charge in [-0.15, -0.1) is 0 Å². The minimum absolute atomic E-state index is 0.240. The molecule has 0 aromatic heterocycles. The van der Waals surface area contributed by atoms with Gasteiger partial charge in [-0.2, -0.15) is 0 Å². The van der Waals surface area contributed by atoms with Crippen LogP contribution < -0.4 is 10.5 Å². The van der Waals surface area contributed by atoms with E-state index in [0.717, 1.165) is 10.5 Å². The molecule has 0 saturated heterocycles. The van der Waals surface area contributed by atoms with Gasteiger partial charge >= 0.3 is 0 Å². The van der Waals surface area contributed by atoms with Gasteiger partial charge in [-0.3, -0.25) is 4.21 Å². The molecule has 0 fully saturated rings. The highest BCUT2D eigenvalue weighted by molar-refractivity contribution is 7.85. The molecule has 2 N–H and O–H groups in total. The summed E-state index contributed by atoms with van der Waals surface area (Å²) in [6.45, 7) is 4.09. The molecule has 2 atom stereocenters. The van der Waals surface area contributed by atoms with Crippen molar-refractivity contribution in [3.8, 4) is 5.75 Å². The summed E-state index contributed by atoms with van der Waals surface area (Å²) in [5.74, 6) is 1.11. The lowest BCUT2D eigenvalue weighted by atomic mass is 10.0. The van der Waals surface area contributed by atoms with Crippen molar-refractivity contribution >= 4 is 10.8 Å². The van der Waals surface area contributed by atoms with Gasteiger partial charge < -0.3 is 10.5 Å². The lowest BCUT2D eigenvalue weighted by Crippen LogP contribution is -2.18. The Morgan fingerprint density at radius 1 is 1.14 bits per heavy atom. The first kappa shape index (κ1) is 15.7. The van der Waals surface area contributed by atoms with Crippen LogP contribution in [0.4, 0.5) is 0 Å². The Morgan fingerprint density at radius 2 is 1.81 bits per heavy atom. The van der Waals surface area contributed by atoms with Crippen molar-refractivity contribution in [1.82, 2.24) is 0 Å². The molecule has 0 aliphatic carbocycles. The number of ether oxygens (including phenoxy) is 1. The molecule has 112 valence electrons. The van der Waals surface area contributed by atoms with E-state index in [0.29, 0.717) is 11.5 Å². The van der Waals surface area contributed by atoms with Crippen molar-refractivity contribution in [3.63, 3.8) is 0 Å². The van der Waals surface area contributed by atoms with Crippen molar-refractivity contribution in [2.75, 3.05) is 12.9 Å². The Balaban J connectivity index is 2.14. The SMILES string of the molecule is COc1cccc(S(=O)CC(N)c2cc(C)cc(C)c2)c1. The average Bonchev–Trinajstić information content (AvgIpc) is 2.46. The molecule has 2 aromatic carbocycles. The number of hydrogen-bond donors (Lipinski definition) is 1. The predicted octanol–water partition coefficient (Wildman–Crippen LogP) is 3.12. The van der Waals surface area contributed by atoms with Gasteiger partial charge in [0, 0.05) is 16.7 Å². The Hall–Kier alpha value is -1.65. The largest absolute Gasteiger partial charge is 0.497 e. The van der Waals surface area contributed by atoms with Crippen LogP contribution in [0.15, 0.2) is 47.4 Å². The maximum absolute atomic E-state index is 12.4. The van der Waals surface area contributed by atoms with E-state index in [1.165, 1.54) is 11.1 Å². The van der Waals surface area contributed by atoms with Gasteiger partial charge in [0.15, 0.2) is 0 Å². The smallest absolute Gasteiger partial charge is 0.120 e. The zero-order valence-electron chi connectivity index (χ0n) is 12.6. The Morgan fingerprint density at radius 3 is 2.43 bits per heavy atom. The predicted molar refractivity (Wildman–Crippen MR) is 87.1 cm³/mol. The van der Waals surface area contributed by atoms with Crippen LogP contribution in [0.25, 0.3) is 0 Å². The highest BCUT2D eigenvalue weighted by atomic mass is 32.2. The van der Waals surface area contributed by atoms with E-state index in [-0.39, 0.29) is 6.04 Å². The number of methoxy groups -OCH3 is 1. The van der Waals surface area contributed by atoms with Crippen LogP contribution in [0.2, 0.25) is 0 Å². The van der Waals surface area contributed by atoms with Crippen molar-refractivity contribution < 1.29 is 8.95 Å². The van der Waals surface area contributed by atoms with Crippen molar-refractivity contribution in [2.24, 2.45) is 5.73 Å². The molecule has 0 saturated carbocycles. The highest BCUT2D eigenvalue weighted by Crippen LogP contribution is 2.20. The van der Waals surface area contributed by atoms with Crippen molar-refractivity contribution in [1.29, 1.82) is 0 Å². The molecule has 0 amide bonds. The lowest BCUT2D eigenvalue weighted by molar-refractivity contribution is 0.413. The Bertz CT molecular complexity index is 635. The third kappa shape index (κ3) is 4.16. The van der Waals surface area contributed by atoms with Gasteiger partial charge in [-0.25, -0.2) is 0 Å². The summed E-state index contributed by atoms with van der Waals surface area (Å²) < 4.78 is 17.6. The quantitative estimate of drug-likeness (QED) is 0.923. The van der Waals surface area contributed by atoms with Crippen LogP contribution in [0.1, 0.15) is 22.7 Å². The third-order valence-corrected chi connectivity index (χ3v) is 4.75. The molecule has 2 aromatic rings. The van der Waals surface area contributed by atoms with Gasteiger partial charge in [-0.05, 0) is 37.6 Å². The van der Waals surface area contributed by atoms with Crippen molar-refractivity contribution in [3.05, 3.63) is 59.2 Å². The molecule has 4 heteroatoms. The molecular weight excluding hydrogens is 282 g/mol. The van der Waals surface area contributed by atoms with Gasteiger partial charge in [0.05, 0.1) is 17.9 Å². The molecule has 0 aliphatic rings. The van der Waals surface area contributed by atoms with E-state index in [4.69, 9.17) is 10.5 Å². The second-order valence-electron chi connectivity index (χ2n) is 5.22. The van der Waals surface area contributed by atoms with Gasteiger partial charge in [0.2, 0.25) is 0 Å². The highest BCUT2D eigenvalue weighted by Gasteiger charge is 2.13. The van der Waals surface area contributed by atoms with Crippen LogP contribution >= 0.6 is 0 Å². The summed E-state index contributed by atoms with van der Waals surface area (Å²) in [6.07, 6.45) is 0. The number of benzene rings is 2. The minimum Gasteiger partial charge on any atom is -0.497 e. The number of nitrogens with two attached hydrogens (primary N) is 1. The van der Waals surface area contributed by atoms with E-state index >= 15 is 0 Å². The van der Waals surface area contributed by atoms with Crippen LogP contribution in [0.5, 0.6) is 5.75 Å². The monoisotopic (exact) mass is 303 g/mol. The molecule has 0 bridgehead atoms. The number of rotatable bonds is 5. The molecule has 2 unspecified atom stereocenters. The first-order valence-corrected chi connectivity index (χ1v) is 8.17. The lowest BCUT2D eigenvalue weighted by Gasteiger charge is -2.14. The first-order chi connectivity index (χ1) is 9.99. The third-order valence-electron chi connectivity index (χ3n) is 3.31. The van der Waals surface area contributed by atoms with E-state index in [1.807, 2.05) is 32.0 Å².